The molecule has 0 aliphatic carbocycles. The van der Waals surface area contributed by atoms with Crippen LogP contribution >= 0.6 is 0 Å². The predicted molar refractivity (Wildman–Crippen MR) is 104 cm³/mol. The molecule has 27 heavy (non-hydrogen) atoms. The number of anilines is 1. The Kier molecular flexibility index (Phi) is 4.81. The van der Waals surface area contributed by atoms with E-state index in [-0.39, 0.29) is 5.91 Å². The Morgan fingerprint density at radius 3 is 2.81 bits per heavy atom. The fourth-order valence-electron chi connectivity index (χ4n) is 3.49. The van der Waals surface area contributed by atoms with Crippen LogP contribution in [0.3, 0.4) is 0 Å². The minimum Gasteiger partial charge on any atom is -0.496 e. The summed E-state index contributed by atoms with van der Waals surface area (Å²) in [5.74, 6) is 0.701. The predicted octanol–water partition coefficient (Wildman–Crippen LogP) is 3.80. The van der Waals surface area contributed by atoms with Crippen LogP contribution in [0, 0.1) is 6.92 Å². The lowest BCUT2D eigenvalue weighted by Gasteiger charge is -2.19. The number of amides is 1. The van der Waals surface area contributed by atoms with Crippen LogP contribution in [0.5, 0.6) is 5.75 Å². The molecule has 1 fully saturated rings. The van der Waals surface area contributed by atoms with Crippen LogP contribution in [0.2, 0.25) is 0 Å². The smallest absolute Gasteiger partial charge is 0.260 e. The van der Waals surface area contributed by atoms with Gasteiger partial charge in [-0.3, -0.25) is 4.79 Å². The Morgan fingerprint density at radius 1 is 1.26 bits per heavy atom. The summed E-state index contributed by atoms with van der Waals surface area (Å²) >= 11 is 0. The third-order valence-corrected chi connectivity index (χ3v) is 4.95. The van der Waals surface area contributed by atoms with Gasteiger partial charge in [0.1, 0.15) is 11.4 Å². The molecule has 1 aliphatic rings. The number of pyridine rings is 1. The number of hydrogen-bond donors (Lipinski definition) is 1. The summed E-state index contributed by atoms with van der Waals surface area (Å²) in [5.41, 5.74) is 4.14. The van der Waals surface area contributed by atoms with Gasteiger partial charge >= 0.3 is 0 Å². The zero-order valence-electron chi connectivity index (χ0n) is 15.6. The van der Waals surface area contributed by atoms with Crippen molar-refractivity contribution in [2.24, 2.45) is 0 Å². The SMILES string of the molecule is COc1cc2nc(C3CCOCC3)cn2cc1C(=O)Nc1cccc(C)c1. The second-order valence-corrected chi connectivity index (χ2v) is 6.90. The van der Waals surface area contributed by atoms with Crippen molar-refractivity contribution in [2.75, 3.05) is 25.6 Å². The average molecular weight is 365 g/mol. The fraction of sp³-hybridized carbons (Fsp3) is 0.333. The first-order valence-electron chi connectivity index (χ1n) is 9.16. The van der Waals surface area contributed by atoms with E-state index in [2.05, 4.69) is 5.32 Å². The van der Waals surface area contributed by atoms with Crippen LogP contribution in [0.1, 0.15) is 40.4 Å². The van der Waals surface area contributed by atoms with Gasteiger partial charge in [-0.15, -0.1) is 0 Å². The first-order valence-corrected chi connectivity index (χ1v) is 9.16. The van der Waals surface area contributed by atoms with Crippen LogP contribution in [0.25, 0.3) is 5.65 Å². The van der Waals surface area contributed by atoms with E-state index in [9.17, 15) is 4.79 Å². The van der Waals surface area contributed by atoms with Crippen molar-refractivity contribution in [1.82, 2.24) is 9.38 Å². The first-order chi connectivity index (χ1) is 13.1. The molecular formula is C21H23N3O3. The second-order valence-electron chi connectivity index (χ2n) is 6.90. The summed E-state index contributed by atoms with van der Waals surface area (Å²) in [6, 6.07) is 9.53. The number of aryl methyl sites for hydroxylation is 1. The molecule has 6 heteroatoms. The molecule has 1 aliphatic heterocycles. The van der Waals surface area contributed by atoms with E-state index in [1.807, 2.05) is 47.9 Å². The summed E-state index contributed by atoms with van der Waals surface area (Å²) in [6.45, 7) is 3.53. The Hall–Kier alpha value is -2.86. The van der Waals surface area contributed by atoms with E-state index < -0.39 is 0 Å². The summed E-state index contributed by atoms with van der Waals surface area (Å²) < 4.78 is 12.8. The van der Waals surface area contributed by atoms with Gasteiger partial charge in [0.05, 0.1) is 18.4 Å². The summed E-state index contributed by atoms with van der Waals surface area (Å²) in [5, 5.41) is 2.94. The molecule has 140 valence electrons. The second kappa shape index (κ2) is 7.40. The van der Waals surface area contributed by atoms with Crippen LogP contribution in [-0.2, 0) is 4.74 Å². The van der Waals surface area contributed by atoms with Crippen LogP contribution in [-0.4, -0.2) is 35.6 Å². The number of carbonyl (C=O) groups is 1. The summed E-state index contributed by atoms with van der Waals surface area (Å²) in [6.07, 6.45) is 5.74. The number of nitrogens with one attached hydrogen (secondary N) is 1. The molecule has 1 aromatic carbocycles. The van der Waals surface area contributed by atoms with Gasteiger partial charge in [0.2, 0.25) is 0 Å². The lowest BCUT2D eigenvalue weighted by molar-refractivity contribution is 0.0846. The van der Waals surface area contributed by atoms with E-state index in [1.165, 1.54) is 0 Å². The zero-order chi connectivity index (χ0) is 18.8. The number of rotatable bonds is 4. The van der Waals surface area contributed by atoms with Gasteiger partial charge in [0.15, 0.2) is 0 Å². The van der Waals surface area contributed by atoms with Crippen LogP contribution < -0.4 is 10.1 Å². The van der Waals surface area contributed by atoms with Crippen LogP contribution in [0.4, 0.5) is 5.69 Å². The molecule has 4 rings (SSSR count). The molecule has 0 atom stereocenters. The number of hydrogen-bond acceptors (Lipinski definition) is 4. The third kappa shape index (κ3) is 3.66. The van der Waals surface area contributed by atoms with E-state index in [0.29, 0.717) is 17.2 Å². The summed E-state index contributed by atoms with van der Waals surface area (Å²) in [7, 11) is 1.57. The maximum atomic E-state index is 12.8. The molecule has 0 unspecified atom stereocenters. The largest absolute Gasteiger partial charge is 0.496 e. The van der Waals surface area contributed by atoms with Gasteiger partial charge in [-0.25, -0.2) is 4.98 Å². The number of carbonyl (C=O) groups excluding carboxylic acids is 1. The number of aromatic nitrogens is 2. The molecule has 6 nitrogen and oxygen atoms in total. The van der Waals surface area contributed by atoms with Crippen molar-refractivity contribution in [1.29, 1.82) is 0 Å². The van der Waals surface area contributed by atoms with Crippen LogP contribution in [0.15, 0.2) is 42.7 Å². The number of nitrogens with zero attached hydrogens (tertiary/aromatic N) is 2. The minimum absolute atomic E-state index is 0.208. The van der Waals surface area contributed by atoms with Crippen molar-refractivity contribution in [3.05, 3.63) is 59.5 Å². The van der Waals surface area contributed by atoms with Gasteiger partial charge in [0.25, 0.3) is 5.91 Å². The molecule has 2 aromatic heterocycles. The number of imidazole rings is 1. The van der Waals surface area contributed by atoms with E-state index in [0.717, 1.165) is 48.6 Å². The lowest BCUT2D eigenvalue weighted by atomic mass is 9.97. The third-order valence-electron chi connectivity index (χ3n) is 4.95. The fourth-order valence-corrected chi connectivity index (χ4v) is 3.49. The van der Waals surface area contributed by atoms with Gasteiger partial charge in [-0.05, 0) is 37.5 Å². The molecule has 0 spiro atoms. The zero-order valence-corrected chi connectivity index (χ0v) is 15.6. The van der Waals surface area contributed by atoms with Crippen molar-refractivity contribution in [2.45, 2.75) is 25.7 Å². The highest BCUT2D eigenvalue weighted by Gasteiger charge is 2.21. The normalized spacial score (nSPS) is 15.0. The maximum absolute atomic E-state index is 12.8. The van der Waals surface area contributed by atoms with E-state index >= 15 is 0 Å². The number of benzene rings is 1. The Balaban J connectivity index is 1.65. The molecule has 1 N–H and O–H groups in total. The highest BCUT2D eigenvalue weighted by molar-refractivity contribution is 6.06. The van der Waals surface area contributed by atoms with Gasteiger partial charge in [-0.2, -0.15) is 0 Å². The average Bonchev–Trinajstić information content (AvgIpc) is 3.10. The molecule has 3 heterocycles. The van der Waals surface area contributed by atoms with E-state index in [1.54, 1.807) is 13.3 Å². The highest BCUT2D eigenvalue weighted by Crippen LogP contribution is 2.28. The van der Waals surface area contributed by atoms with E-state index in [4.69, 9.17) is 14.5 Å². The number of ether oxygens (including phenoxy) is 2. The molecule has 1 amide bonds. The maximum Gasteiger partial charge on any atom is 0.260 e. The Bertz CT molecular complexity index is 974. The molecule has 3 aromatic rings. The highest BCUT2D eigenvalue weighted by atomic mass is 16.5. The molecule has 1 saturated heterocycles. The minimum atomic E-state index is -0.208. The Morgan fingerprint density at radius 2 is 2.07 bits per heavy atom. The standard InChI is InChI=1S/C21H23N3O3/c1-14-4-3-5-16(10-14)22-21(25)17-12-24-13-18(15-6-8-27-9-7-15)23-20(24)11-19(17)26-2/h3-5,10-13,15H,6-9H2,1-2H3,(H,22,25). The van der Waals surface area contributed by atoms with Gasteiger partial charge < -0.3 is 19.2 Å². The lowest BCUT2D eigenvalue weighted by Crippen LogP contribution is -2.14. The molecular weight excluding hydrogens is 342 g/mol. The van der Waals surface area contributed by atoms with Crippen molar-refractivity contribution >= 4 is 17.2 Å². The summed E-state index contributed by atoms with van der Waals surface area (Å²) in [4.78, 5) is 17.6. The first kappa shape index (κ1) is 17.5. The molecule has 0 bridgehead atoms. The van der Waals surface area contributed by atoms with Crippen molar-refractivity contribution in [3.63, 3.8) is 0 Å². The van der Waals surface area contributed by atoms with Crippen molar-refractivity contribution in [3.8, 4) is 5.75 Å². The number of methoxy groups -OCH3 is 1. The van der Waals surface area contributed by atoms with Crippen molar-refractivity contribution < 1.29 is 14.3 Å². The quantitative estimate of drug-likeness (QED) is 0.764. The van der Waals surface area contributed by atoms with Gasteiger partial charge in [-0.1, -0.05) is 12.1 Å². The monoisotopic (exact) mass is 365 g/mol. The molecule has 0 radical (unpaired) electrons. The van der Waals surface area contributed by atoms with Gasteiger partial charge in [0, 0.05) is 43.3 Å². The Labute approximate surface area is 158 Å². The molecule has 0 saturated carbocycles. The number of fused-ring (bicyclic) bond motifs is 1. The topological polar surface area (TPSA) is 64.9 Å².